The van der Waals surface area contributed by atoms with E-state index in [1.165, 1.54) is 45.6 Å². The van der Waals surface area contributed by atoms with Gasteiger partial charge in [-0.05, 0) is 42.7 Å². The highest BCUT2D eigenvalue weighted by atomic mass is 19.1. The molecule has 0 radical (unpaired) electrons. The standard InChI is InChI=1S/C25H30FNO6/c1-30-21-13-18(14-22(31-2)24(21)32-3)25(29)33-16-23(28)27(20-7-5-4-6-8-20)15-17-9-11-19(26)12-10-17/h9-14,20H,4-8,15-16H2,1-3H3. The number of hydrogen-bond donors (Lipinski definition) is 0. The van der Waals surface area contributed by atoms with Gasteiger partial charge < -0.3 is 23.8 Å². The molecule has 0 heterocycles. The average Bonchev–Trinajstić information content (AvgIpc) is 2.86. The Morgan fingerprint density at radius 3 is 2.09 bits per heavy atom. The van der Waals surface area contributed by atoms with Gasteiger partial charge in [0.25, 0.3) is 5.91 Å². The molecule has 2 aromatic rings. The van der Waals surface area contributed by atoms with E-state index >= 15 is 0 Å². The lowest BCUT2D eigenvalue weighted by Gasteiger charge is -2.34. The Kier molecular flexibility index (Phi) is 8.52. The van der Waals surface area contributed by atoms with E-state index < -0.39 is 12.6 Å². The average molecular weight is 460 g/mol. The predicted octanol–water partition coefficient (Wildman–Crippen LogP) is 4.37. The van der Waals surface area contributed by atoms with Gasteiger partial charge in [-0.15, -0.1) is 0 Å². The van der Waals surface area contributed by atoms with Crippen LogP contribution in [0.3, 0.4) is 0 Å². The first-order valence-corrected chi connectivity index (χ1v) is 11.0. The molecular weight excluding hydrogens is 429 g/mol. The van der Waals surface area contributed by atoms with E-state index in [2.05, 4.69) is 0 Å². The van der Waals surface area contributed by atoms with Crippen LogP contribution in [-0.2, 0) is 16.1 Å². The van der Waals surface area contributed by atoms with Crippen LogP contribution in [0.2, 0.25) is 0 Å². The molecular formula is C25H30FNO6. The van der Waals surface area contributed by atoms with Crippen molar-refractivity contribution in [2.75, 3.05) is 27.9 Å². The molecule has 1 aliphatic rings. The Morgan fingerprint density at radius 1 is 0.939 bits per heavy atom. The first kappa shape index (κ1) is 24.4. The Balaban J connectivity index is 1.72. The number of hydrogen-bond acceptors (Lipinski definition) is 6. The molecule has 0 aliphatic heterocycles. The van der Waals surface area contributed by atoms with Crippen molar-refractivity contribution in [3.05, 3.63) is 53.3 Å². The molecule has 178 valence electrons. The molecule has 0 atom stereocenters. The first-order valence-electron chi connectivity index (χ1n) is 11.0. The number of amides is 1. The van der Waals surface area contributed by atoms with Crippen molar-refractivity contribution in [1.29, 1.82) is 0 Å². The molecule has 1 amide bonds. The molecule has 0 unspecified atom stereocenters. The number of halogens is 1. The van der Waals surface area contributed by atoms with Crippen LogP contribution in [0.5, 0.6) is 17.2 Å². The van der Waals surface area contributed by atoms with Crippen LogP contribution in [0, 0.1) is 5.82 Å². The number of carbonyl (C=O) groups excluding carboxylic acids is 2. The summed E-state index contributed by atoms with van der Waals surface area (Å²) < 4.78 is 34.5. The Hall–Kier alpha value is -3.29. The number of rotatable bonds is 9. The van der Waals surface area contributed by atoms with E-state index in [0.29, 0.717) is 23.8 Å². The van der Waals surface area contributed by atoms with Crippen molar-refractivity contribution in [1.82, 2.24) is 4.90 Å². The van der Waals surface area contributed by atoms with Crippen LogP contribution in [0.1, 0.15) is 48.0 Å². The summed E-state index contributed by atoms with van der Waals surface area (Å²) in [6.07, 6.45) is 5.03. The van der Waals surface area contributed by atoms with Gasteiger partial charge in [-0.3, -0.25) is 4.79 Å². The zero-order valence-corrected chi connectivity index (χ0v) is 19.3. The quantitative estimate of drug-likeness (QED) is 0.519. The maximum absolute atomic E-state index is 13.3. The minimum atomic E-state index is -0.673. The number of carbonyl (C=O) groups is 2. The molecule has 8 heteroatoms. The summed E-state index contributed by atoms with van der Waals surface area (Å²) >= 11 is 0. The molecule has 0 N–H and O–H groups in total. The first-order chi connectivity index (χ1) is 16.0. The molecule has 2 aromatic carbocycles. The minimum Gasteiger partial charge on any atom is -0.493 e. The second-order valence-corrected chi connectivity index (χ2v) is 7.93. The van der Waals surface area contributed by atoms with Crippen molar-refractivity contribution < 1.29 is 32.9 Å². The normalized spacial score (nSPS) is 13.8. The van der Waals surface area contributed by atoms with Crippen LogP contribution in [-0.4, -0.2) is 50.8 Å². The lowest BCUT2D eigenvalue weighted by molar-refractivity contribution is -0.138. The van der Waals surface area contributed by atoms with Gasteiger partial charge in [0.05, 0.1) is 26.9 Å². The van der Waals surface area contributed by atoms with Gasteiger partial charge in [0, 0.05) is 12.6 Å². The van der Waals surface area contributed by atoms with Gasteiger partial charge in [-0.1, -0.05) is 31.4 Å². The molecule has 0 bridgehead atoms. The van der Waals surface area contributed by atoms with Crippen molar-refractivity contribution in [2.24, 2.45) is 0 Å². The third kappa shape index (κ3) is 6.15. The third-order valence-corrected chi connectivity index (χ3v) is 5.83. The van der Waals surface area contributed by atoms with Gasteiger partial charge in [0.2, 0.25) is 5.75 Å². The summed E-state index contributed by atoms with van der Waals surface area (Å²) in [6, 6.07) is 9.11. The highest BCUT2D eigenvalue weighted by molar-refractivity contribution is 5.93. The minimum absolute atomic E-state index is 0.0659. The van der Waals surface area contributed by atoms with E-state index in [9.17, 15) is 14.0 Å². The lowest BCUT2D eigenvalue weighted by Crippen LogP contribution is -2.43. The molecule has 0 aromatic heterocycles. The molecule has 0 saturated heterocycles. The number of benzene rings is 2. The molecule has 33 heavy (non-hydrogen) atoms. The summed E-state index contributed by atoms with van der Waals surface area (Å²) in [7, 11) is 4.37. The van der Waals surface area contributed by atoms with Gasteiger partial charge >= 0.3 is 5.97 Å². The van der Waals surface area contributed by atoms with Crippen molar-refractivity contribution in [3.8, 4) is 17.2 Å². The molecule has 1 fully saturated rings. The second-order valence-electron chi connectivity index (χ2n) is 7.93. The van der Waals surface area contributed by atoms with Gasteiger partial charge in [-0.2, -0.15) is 0 Å². The number of ether oxygens (including phenoxy) is 4. The fourth-order valence-electron chi connectivity index (χ4n) is 4.09. The monoisotopic (exact) mass is 459 g/mol. The van der Waals surface area contributed by atoms with Crippen LogP contribution in [0.4, 0.5) is 4.39 Å². The maximum atomic E-state index is 13.3. The highest BCUT2D eigenvalue weighted by Crippen LogP contribution is 2.38. The van der Waals surface area contributed by atoms with Crippen LogP contribution in [0.25, 0.3) is 0 Å². The smallest absolute Gasteiger partial charge is 0.338 e. The zero-order chi connectivity index (χ0) is 23.8. The summed E-state index contributed by atoms with van der Waals surface area (Å²) in [5, 5.41) is 0. The van der Waals surface area contributed by atoms with E-state index in [1.54, 1.807) is 17.0 Å². The number of esters is 1. The van der Waals surface area contributed by atoms with Gasteiger partial charge in [0.15, 0.2) is 18.1 Å². The lowest BCUT2D eigenvalue weighted by atomic mass is 9.93. The number of methoxy groups -OCH3 is 3. The molecule has 0 spiro atoms. The summed E-state index contributed by atoms with van der Waals surface area (Å²) in [5.41, 5.74) is 1.01. The summed E-state index contributed by atoms with van der Waals surface area (Å²) in [6.45, 7) is -0.0568. The zero-order valence-electron chi connectivity index (χ0n) is 19.3. The maximum Gasteiger partial charge on any atom is 0.338 e. The fraction of sp³-hybridized carbons (Fsp3) is 0.440. The topological polar surface area (TPSA) is 74.3 Å². The Labute approximate surface area is 193 Å². The van der Waals surface area contributed by atoms with Crippen molar-refractivity contribution in [3.63, 3.8) is 0 Å². The molecule has 7 nitrogen and oxygen atoms in total. The van der Waals surface area contributed by atoms with E-state index in [1.807, 2.05) is 0 Å². The number of nitrogens with zero attached hydrogens (tertiary/aromatic N) is 1. The van der Waals surface area contributed by atoms with Crippen LogP contribution in [0.15, 0.2) is 36.4 Å². The highest BCUT2D eigenvalue weighted by Gasteiger charge is 2.27. The SMILES string of the molecule is COc1cc(C(=O)OCC(=O)N(Cc2ccc(F)cc2)C2CCCCC2)cc(OC)c1OC. The molecule has 1 aliphatic carbocycles. The second kappa shape index (κ2) is 11.5. The summed E-state index contributed by atoms with van der Waals surface area (Å²) in [4.78, 5) is 27.5. The van der Waals surface area contributed by atoms with Gasteiger partial charge in [-0.25, -0.2) is 9.18 Å². The Bertz CT molecular complexity index is 931. The molecule has 3 rings (SSSR count). The summed E-state index contributed by atoms with van der Waals surface area (Å²) in [5.74, 6) is -0.297. The van der Waals surface area contributed by atoms with E-state index in [4.69, 9.17) is 18.9 Å². The Morgan fingerprint density at radius 2 is 1.55 bits per heavy atom. The third-order valence-electron chi connectivity index (χ3n) is 5.83. The van der Waals surface area contributed by atoms with Crippen molar-refractivity contribution >= 4 is 11.9 Å². The fourth-order valence-corrected chi connectivity index (χ4v) is 4.09. The van der Waals surface area contributed by atoms with Crippen LogP contribution < -0.4 is 14.2 Å². The molecule has 1 saturated carbocycles. The van der Waals surface area contributed by atoms with E-state index in [-0.39, 0.29) is 23.3 Å². The largest absolute Gasteiger partial charge is 0.493 e. The van der Waals surface area contributed by atoms with E-state index in [0.717, 1.165) is 37.7 Å². The van der Waals surface area contributed by atoms with Crippen LogP contribution >= 0.6 is 0 Å². The predicted molar refractivity (Wildman–Crippen MR) is 120 cm³/mol. The van der Waals surface area contributed by atoms with Gasteiger partial charge in [0.1, 0.15) is 5.82 Å². The van der Waals surface area contributed by atoms with Crippen molar-refractivity contribution in [2.45, 2.75) is 44.7 Å².